The number of ether oxygens (including phenoxy) is 1. The molecule has 0 saturated carbocycles. The summed E-state index contributed by atoms with van der Waals surface area (Å²) in [7, 11) is 0. The van der Waals surface area contributed by atoms with E-state index in [0.717, 1.165) is 11.1 Å². The molecule has 176 valence electrons. The fraction of sp³-hybridized carbons (Fsp3) is 0.185. The highest BCUT2D eigenvalue weighted by atomic mass is 35.5. The van der Waals surface area contributed by atoms with Crippen molar-refractivity contribution in [3.63, 3.8) is 0 Å². The van der Waals surface area contributed by atoms with Gasteiger partial charge in [-0.15, -0.1) is 0 Å². The molecule has 0 aliphatic carbocycles. The molecule has 4 amide bonds. The van der Waals surface area contributed by atoms with Crippen molar-refractivity contribution in [2.45, 2.75) is 19.4 Å². The average Bonchev–Trinajstić information content (AvgIpc) is 3.24. The Bertz CT molecular complexity index is 1370. The van der Waals surface area contributed by atoms with Crippen molar-refractivity contribution in [2.24, 2.45) is 0 Å². The van der Waals surface area contributed by atoms with Crippen LogP contribution in [-0.2, 0) is 16.0 Å². The molecule has 0 saturated heterocycles. The Morgan fingerprint density at radius 2 is 1.80 bits per heavy atom. The van der Waals surface area contributed by atoms with E-state index in [1.54, 1.807) is 36.4 Å². The van der Waals surface area contributed by atoms with Gasteiger partial charge in [0, 0.05) is 17.1 Å². The van der Waals surface area contributed by atoms with Crippen molar-refractivity contribution in [2.75, 3.05) is 18.4 Å². The van der Waals surface area contributed by atoms with Crippen LogP contribution in [0.15, 0.2) is 72.8 Å². The maximum atomic E-state index is 13.6. The number of carbonyl (C=O) groups is 3. The standard InChI is InChI=1S/C27H22ClN3O4/c1-17-11-12-19(28)15-21(17)29-23(32)16-31-24-20-9-5-6-10-22(20)35-25(24)26(33)30(27(31)34)14-13-18-7-3-2-4-8-18/h2-12,15,25H,13-14,16H2,1H3/p+1. The highest BCUT2D eigenvalue weighted by molar-refractivity contribution is 6.31. The molecule has 2 heterocycles. The van der Waals surface area contributed by atoms with E-state index in [0.29, 0.717) is 34.2 Å². The molecule has 3 aromatic carbocycles. The third-order valence-corrected chi connectivity index (χ3v) is 6.38. The fourth-order valence-corrected chi connectivity index (χ4v) is 4.52. The minimum absolute atomic E-state index is 0.177. The van der Waals surface area contributed by atoms with Crippen LogP contribution in [-0.4, -0.2) is 52.2 Å². The topological polar surface area (TPSA) is 78.7 Å². The molecule has 0 spiro atoms. The summed E-state index contributed by atoms with van der Waals surface area (Å²) >= 11 is 6.08. The molecule has 1 atom stereocenters. The molecule has 8 heteroatoms. The monoisotopic (exact) mass is 488 g/mol. The molecule has 2 aliphatic heterocycles. The molecule has 5 rings (SSSR count). The number of benzene rings is 3. The predicted octanol–water partition coefficient (Wildman–Crippen LogP) is 4.05. The normalized spacial score (nSPS) is 16.6. The molecule has 1 N–H and O–H groups in total. The van der Waals surface area contributed by atoms with E-state index in [2.05, 4.69) is 5.32 Å². The van der Waals surface area contributed by atoms with Gasteiger partial charge in [-0.25, -0.2) is 4.79 Å². The molecule has 3 aromatic rings. The van der Waals surface area contributed by atoms with Gasteiger partial charge in [-0.2, -0.15) is 14.3 Å². The number of hydrogen-bond donors (Lipinski definition) is 1. The van der Waals surface area contributed by atoms with Crippen molar-refractivity contribution in [1.82, 2.24) is 4.90 Å². The zero-order valence-corrected chi connectivity index (χ0v) is 19.8. The zero-order chi connectivity index (χ0) is 24.5. The summed E-state index contributed by atoms with van der Waals surface area (Å²) in [5, 5.41) is 3.32. The number of hydrogen-bond acceptors (Lipinski definition) is 4. The summed E-state index contributed by atoms with van der Waals surface area (Å²) in [6, 6.07) is 21.4. The highest BCUT2D eigenvalue weighted by Gasteiger charge is 2.53. The second-order valence-corrected chi connectivity index (χ2v) is 8.92. The Kier molecular flexibility index (Phi) is 6.09. The van der Waals surface area contributed by atoms with Crippen molar-refractivity contribution in [3.8, 4) is 5.75 Å². The lowest BCUT2D eigenvalue weighted by atomic mass is 10.0. The van der Waals surface area contributed by atoms with Crippen LogP contribution < -0.4 is 10.1 Å². The van der Waals surface area contributed by atoms with Crippen LogP contribution in [0.1, 0.15) is 16.7 Å². The smallest absolute Gasteiger partial charge is 0.469 e. The molecule has 1 unspecified atom stereocenters. The van der Waals surface area contributed by atoms with Gasteiger partial charge in [-0.3, -0.25) is 4.79 Å². The van der Waals surface area contributed by atoms with Crippen molar-refractivity contribution >= 4 is 40.8 Å². The molecule has 0 bridgehead atoms. The Hall–Kier alpha value is -3.97. The van der Waals surface area contributed by atoms with Crippen LogP contribution in [0.25, 0.3) is 0 Å². The number of amides is 4. The fourth-order valence-electron chi connectivity index (χ4n) is 4.35. The van der Waals surface area contributed by atoms with Crippen LogP contribution in [0.5, 0.6) is 5.75 Å². The van der Waals surface area contributed by atoms with E-state index in [1.807, 2.05) is 43.3 Å². The first-order chi connectivity index (χ1) is 16.9. The van der Waals surface area contributed by atoms with Crippen LogP contribution >= 0.6 is 11.6 Å². The summed E-state index contributed by atoms with van der Waals surface area (Å²) < 4.78 is 7.29. The SMILES string of the molecule is Cc1ccc(Cl)cc1NC(=O)C[N+]1=C2c3ccccc3OC2C(=O)N(CCc2ccccc2)C1=O. The average molecular weight is 489 g/mol. The molecule has 7 nitrogen and oxygen atoms in total. The van der Waals surface area contributed by atoms with Crippen LogP contribution in [0, 0.1) is 6.92 Å². The number of rotatable bonds is 6. The molecule has 35 heavy (non-hydrogen) atoms. The van der Waals surface area contributed by atoms with Crippen LogP contribution in [0.3, 0.4) is 0 Å². The number of nitrogens with zero attached hydrogens (tertiary/aromatic N) is 2. The Morgan fingerprint density at radius 1 is 1.06 bits per heavy atom. The summed E-state index contributed by atoms with van der Waals surface area (Å²) in [5.74, 6) is -0.328. The summed E-state index contributed by atoms with van der Waals surface area (Å²) in [6.45, 7) is 1.76. The molecule has 0 aromatic heterocycles. The number of anilines is 1. The lowest BCUT2D eigenvalue weighted by Gasteiger charge is -2.24. The van der Waals surface area contributed by atoms with Gasteiger partial charge in [0.15, 0.2) is 12.3 Å². The first-order valence-electron chi connectivity index (χ1n) is 11.3. The van der Waals surface area contributed by atoms with Crippen LogP contribution in [0.2, 0.25) is 5.02 Å². The van der Waals surface area contributed by atoms with Gasteiger partial charge < -0.3 is 10.1 Å². The number of aryl methyl sites for hydroxylation is 1. The van der Waals surface area contributed by atoms with E-state index < -0.39 is 23.9 Å². The second kappa shape index (κ2) is 9.35. The van der Waals surface area contributed by atoms with Gasteiger partial charge >= 0.3 is 11.9 Å². The van der Waals surface area contributed by atoms with Crippen molar-refractivity contribution in [3.05, 3.63) is 94.5 Å². The molecule has 2 aliphatic rings. The first-order valence-corrected chi connectivity index (χ1v) is 11.7. The summed E-state index contributed by atoms with van der Waals surface area (Å²) in [6.07, 6.45) is -0.490. The summed E-state index contributed by atoms with van der Waals surface area (Å²) in [4.78, 5) is 41.1. The maximum absolute atomic E-state index is 13.6. The number of carbonyl (C=O) groups excluding carboxylic acids is 3. The number of imide groups is 1. The minimum atomic E-state index is -0.985. The number of fused-ring (bicyclic) bond motifs is 3. The van der Waals surface area contributed by atoms with Gasteiger partial charge in [0.2, 0.25) is 0 Å². The third kappa shape index (κ3) is 4.42. The number of nitrogens with one attached hydrogen (secondary N) is 1. The Labute approximate surface area is 207 Å². The summed E-state index contributed by atoms with van der Waals surface area (Å²) in [5.41, 5.74) is 3.43. The molecular weight excluding hydrogens is 466 g/mol. The predicted molar refractivity (Wildman–Crippen MR) is 132 cm³/mol. The lowest BCUT2D eigenvalue weighted by Crippen LogP contribution is -2.59. The second-order valence-electron chi connectivity index (χ2n) is 8.48. The van der Waals surface area contributed by atoms with E-state index in [4.69, 9.17) is 16.3 Å². The number of halogens is 1. The Balaban J connectivity index is 1.47. The first kappa shape index (κ1) is 22.8. The number of para-hydroxylation sites is 1. The maximum Gasteiger partial charge on any atom is 0.501 e. The van der Waals surface area contributed by atoms with Gasteiger partial charge in [0.05, 0.1) is 5.56 Å². The lowest BCUT2D eigenvalue weighted by molar-refractivity contribution is -0.428. The van der Waals surface area contributed by atoms with Gasteiger partial charge in [0.25, 0.3) is 12.0 Å². The highest BCUT2D eigenvalue weighted by Crippen LogP contribution is 2.32. The molecule has 0 radical (unpaired) electrons. The van der Waals surface area contributed by atoms with E-state index in [9.17, 15) is 14.4 Å². The third-order valence-electron chi connectivity index (χ3n) is 6.14. The van der Waals surface area contributed by atoms with Gasteiger partial charge in [0.1, 0.15) is 12.3 Å². The quantitative estimate of drug-likeness (QED) is 0.531. The van der Waals surface area contributed by atoms with Crippen molar-refractivity contribution < 1.29 is 23.7 Å². The van der Waals surface area contributed by atoms with E-state index in [1.165, 1.54) is 9.48 Å². The minimum Gasteiger partial charge on any atom is -0.469 e. The largest absolute Gasteiger partial charge is 0.501 e. The Morgan fingerprint density at radius 3 is 2.60 bits per heavy atom. The zero-order valence-electron chi connectivity index (χ0n) is 19.0. The van der Waals surface area contributed by atoms with Gasteiger partial charge in [-0.05, 0) is 42.3 Å². The van der Waals surface area contributed by atoms with Crippen LogP contribution in [0.4, 0.5) is 10.5 Å². The van der Waals surface area contributed by atoms with E-state index in [-0.39, 0.29) is 13.1 Å². The molecule has 0 fully saturated rings. The van der Waals surface area contributed by atoms with Crippen molar-refractivity contribution in [1.29, 1.82) is 0 Å². The number of urea groups is 1. The van der Waals surface area contributed by atoms with E-state index >= 15 is 0 Å². The van der Waals surface area contributed by atoms with Gasteiger partial charge in [-0.1, -0.05) is 60.1 Å². The molecular formula is C27H23ClN3O4+.